The SMILES string of the molecule is O=C(CCNS(=O)(=O)c1ccc2c(c1)CCCC2)Nc1ccc(OC(F)(F)F)cc1. The first-order valence-electron chi connectivity index (χ1n) is 9.39. The van der Waals surface area contributed by atoms with Crippen molar-refractivity contribution in [2.45, 2.75) is 43.4 Å². The van der Waals surface area contributed by atoms with E-state index in [1.165, 1.54) is 17.7 Å². The van der Waals surface area contributed by atoms with E-state index >= 15 is 0 Å². The van der Waals surface area contributed by atoms with Gasteiger partial charge in [0.05, 0.1) is 4.90 Å². The maximum Gasteiger partial charge on any atom is 0.573 e. The molecule has 6 nitrogen and oxygen atoms in total. The summed E-state index contributed by atoms with van der Waals surface area (Å²) in [7, 11) is -3.74. The lowest BCUT2D eigenvalue weighted by Crippen LogP contribution is -2.28. The number of ether oxygens (including phenoxy) is 1. The summed E-state index contributed by atoms with van der Waals surface area (Å²) in [6.07, 6.45) is -0.983. The number of hydrogen-bond donors (Lipinski definition) is 2. The van der Waals surface area contributed by atoms with E-state index in [2.05, 4.69) is 14.8 Å². The number of nitrogens with one attached hydrogen (secondary N) is 2. The summed E-state index contributed by atoms with van der Waals surface area (Å²) < 4.78 is 67.5. The largest absolute Gasteiger partial charge is 0.573 e. The summed E-state index contributed by atoms with van der Waals surface area (Å²) in [5, 5.41) is 2.49. The Morgan fingerprint density at radius 1 is 1.00 bits per heavy atom. The van der Waals surface area contributed by atoms with Crippen molar-refractivity contribution in [2.75, 3.05) is 11.9 Å². The van der Waals surface area contributed by atoms with Gasteiger partial charge in [0, 0.05) is 18.7 Å². The van der Waals surface area contributed by atoms with E-state index in [4.69, 9.17) is 0 Å². The second kappa shape index (κ2) is 9.05. The van der Waals surface area contributed by atoms with Crippen molar-refractivity contribution in [3.8, 4) is 5.75 Å². The molecule has 1 amide bonds. The number of halogens is 3. The zero-order chi connectivity index (χ0) is 21.8. The Balaban J connectivity index is 1.50. The van der Waals surface area contributed by atoms with Gasteiger partial charge in [0.1, 0.15) is 5.75 Å². The molecular weight excluding hydrogens is 421 g/mol. The lowest BCUT2D eigenvalue weighted by Gasteiger charge is -2.16. The van der Waals surface area contributed by atoms with Gasteiger partial charge in [-0.2, -0.15) is 0 Å². The van der Waals surface area contributed by atoms with Gasteiger partial charge in [0.2, 0.25) is 15.9 Å². The molecule has 0 unspecified atom stereocenters. The lowest BCUT2D eigenvalue weighted by atomic mass is 9.92. The number of carbonyl (C=O) groups is 1. The fraction of sp³-hybridized carbons (Fsp3) is 0.350. The zero-order valence-electron chi connectivity index (χ0n) is 16.0. The number of amides is 1. The smallest absolute Gasteiger partial charge is 0.406 e. The molecule has 0 saturated carbocycles. The first-order chi connectivity index (χ1) is 14.1. The fourth-order valence-electron chi connectivity index (χ4n) is 3.22. The topological polar surface area (TPSA) is 84.5 Å². The molecule has 2 aromatic rings. The number of alkyl halides is 3. The van der Waals surface area contributed by atoms with Crippen LogP contribution in [-0.4, -0.2) is 27.2 Å². The Hall–Kier alpha value is -2.59. The van der Waals surface area contributed by atoms with Gasteiger partial charge in [-0.05, 0) is 73.2 Å². The Morgan fingerprint density at radius 3 is 2.33 bits per heavy atom. The number of anilines is 1. The molecule has 0 aliphatic heterocycles. The summed E-state index contributed by atoms with van der Waals surface area (Å²) >= 11 is 0. The first kappa shape index (κ1) is 22.1. The van der Waals surface area contributed by atoms with E-state index < -0.39 is 28.0 Å². The minimum absolute atomic E-state index is 0.111. The maximum atomic E-state index is 12.5. The van der Waals surface area contributed by atoms with Gasteiger partial charge in [0.15, 0.2) is 0 Å². The van der Waals surface area contributed by atoms with Crippen LogP contribution in [0.15, 0.2) is 47.4 Å². The Bertz CT molecular complexity index is 1010. The van der Waals surface area contributed by atoms with Crippen LogP contribution in [0, 0.1) is 0 Å². The molecule has 1 aliphatic rings. The van der Waals surface area contributed by atoms with E-state index in [1.807, 2.05) is 6.07 Å². The van der Waals surface area contributed by atoms with Crippen molar-refractivity contribution in [1.82, 2.24) is 4.72 Å². The van der Waals surface area contributed by atoms with E-state index in [0.717, 1.165) is 43.4 Å². The number of fused-ring (bicyclic) bond motifs is 1. The highest BCUT2D eigenvalue weighted by Gasteiger charge is 2.31. The molecule has 0 bridgehead atoms. The molecule has 0 fully saturated rings. The Labute approximate surface area is 172 Å². The highest BCUT2D eigenvalue weighted by atomic mass is 32.2. The molecule has 0 heterocycles. The quantitative estimate of drug-likeness (QED) is 0.684. The molecule has 0 atom stereocenters. The monoisotopic (exact) mass is 442 g/mol. The van der Waals surface area contributed by atoms with Crippen LogP contribution in [0.2, 0.25) is 0 Å². The minimum atomic E-state index is -4.79. The first-order valence-corrected chi connectivity index (χ1v) is 10.9. The van der Waals surface area contributed by atoms with Gasteiger partial charge in [-0.25, -0.2) is 13.1 Å². The molecule has 30 heavy (non-hydrogen) atoms. The third-order valence-corrected chi connectivity index (χ3v) is 6.10. The number of hydrogen-bond acceptors (Lipinski definition) is 4. The average molecular weight is 442 g/mol. The predicted molar refractivity (Wildman–Crippen MR) is 105 cm³/mol. The van der Waals surface area contributed by atoms with Gasteiger partial charge in [-0.15, -0.1) is 13.2 Å². The third-order valence-electron chi connectivity index (χ3n) is 4.65. The van der Waals surface area contributed by atoms with Crippen LogP contribution < -0.4 is 14.8 Å². The van der Waals surface area contributed by atoms with Gasteiger partial charge in [0.25, 0.3) is 0 Å². The lowest BCUT2D eigenvalue weighted by molar-refractivity contribution is -0.274. The molecule has 0 spiro atoms. The van der Waals surface area contributed by atoms with E-state index in [-0.39, 0.29) is 23.5 Å². The predicted octanol–water partition coefficient (Wildman–Crippen LogP) is 3.77. The fourth-order valence-corrected chi connectivity index (χ4v) is 4.30. The molecule has 0 radical (unpaired) electrons. The van der Waals surface area contributed by atoms with Crippen molar-refractivity contribution in [2.24, 2.45) is 0 Å². The molecule has 0 aromatic heterocycles. The summed E-state index contributed by atoms with van der Waals surface area (Å²) in [6.45, 7) is -0.111. The van der Waals surface area contributed by atoms with Crippen molar-refractivity contribution < 1.29 is 31.1 Å². The van der Waals surface area contributed by atoms with Gasteiger partial charge in [-0.1, -0.05) is 6.07 Å². The van der Waals surface area contributed by atoms with Crippen LogP contribution in [0.4, 0.5) is 18.9 Å². The van der Waals surface area contributed by atoms with Crippen LogP contribution in [0.5, 0.6) is 5.75 Å². The molecule has 162 valence electrons. The highest BCUT2D eigenvalue weighted by Crippen LogP contribution is 2.25. The number of carbonyl (C=O) groups excluding carboxylic acids is 1. The number of sulfonamides is 1. The van der Waals surface area contributed by atoms with Crippen LogP contribution in [-0.2, 0) is 27.7 Å². The van der Waals surface area contributed by atoms with E-state index in [9.17, 15) is 26.4 Å². The third kappa shape index (κ3) is 6.20. The standard InChI is InChI=1S/C20H21F3N2O4S/c21-20(22,23)29-17-8-6-16(7-9-17)25-19(26)11-12-24-30(27,28)18-10-5-14-3-1-2-4-15(14)13-18/h5-10,13,24H,1-4,11-12H2,(H,25,26). The normalized spacial score (nSPS) is 14.1. The minimum Gasteiger partial charge on any atom is -0.406 e. The number of aryl methyl sites for hydroxylation is 2. The second-order valence-corrected chi connectivity index (χ2v) is 8.67. The average Bonchev–Trinajstić information content (AvgIpc) is 2.68. The van der Waals surface area contributed by atoms with E-state index in [1.54, 1.807) is 12.1 Å². The molecule has 3 rings (SSSR count). The van der Waals surface area contributed by atoms with Crippen LogP contribution >= 0.6 is 0 Å². The van der Waals surface area contributed by atoms with Crippen LogP contribution in [0.3, 0.4) is 0 Å². The molecule has 0 saturated heterocycles. The van der Waals surface area contributed by atoms with Crippen molar-refractivity contribution in [3.63, 3.8) is 0 Å². The zero-order valence-corrected chi connectivity index (χ0v) is 16.8. The van der Waals surface area contributed by atoms with Gasteiger partial charge < -0.3 is 10.1 Å². The molecule has 2 aromatic carbocycles. The number of benzene rings is 2. The summed E-state index contributed by atoms with van der Waals surface area (Å²) in [4.78, 5) is 12.2. The Kier molecular flexibility index (Phi) is 6.67. The Morgan fingerprint density at radius 2 is 1.67 bits per heavy atom. The number of rotatable bonds is 7. The summed E-state index contributed by atoms with van der Waals surface area (Å²) in [5.74, 6) is -0.883. The second-order valence-electron chi connectivity index (χ2n) is 6.91. The maximum absolute atomic E-state index is 12.5. The van der Waals surface area contributed by atoms with Crippen molar-refractivity contribution in [3.05, 3.63) is 53.6 Å². The molecular formula is C20H21F3N2O4S. The highest BCUT2D eigenvalue weighted by molar-refractivity contribution is 7.89. The molecule has 1 aliphatic carbocycles. The van der Waals surface area contributed by atoms with Crippen LogP contribution in [0.25, 0.3) is 0 Å². The van der Waals surface area contributed by atoms with Gasteiger partial charge >= 0.3 is 6.36 Å². The summed E-state index contributed by atoms with van der Waals surface area (Å²) in [6, 6.07) is 9.75. The van der Waals surface area contributed by atoms with Crippen molar-refractivity contribution >= 4 is 21.6 Å². The van der Waals surface area contributed by atoms with Gasteiger partial charge in [-0.3, -0.25) is 4.79 Å². The molecule has 2 N–H and O–H groups in total. The molecule has 10 heteroatoms. The summed E-state index contributed by atoms with van der Waals surface area (Å²) in [5.41, 5.74) is 2.48. The van der Waals surface area contributed by atoms with E-state index in [0.29, 0.717) is 0 Å². The van der Waals surface area contributed by atoms with Crippen LogP contribution in [0.1, 0.15) is 30.4 Å². The van der Waals surface area contributed by atoms with Crippen molar-refractivity contribution in [1.29, 1.82) is 0 Å².